The second-order valence-electron chi connectivity index (χ2n) is 7.58. The van der Waals surface area contributed by atoms with Crippen LogP contribution in [-0.2, 0) is 14.9 Å². The van der Waals surface area contributed by atoms with E-state index in [9.17, 15) is 13.2 Å². The molecule has 0 radical (unpaired) electrons. The van der Waals surface area contributed by atoms with Gasteiger partial charge in [0.05, 0.1) is 15.2 Å². The normalized spacial score (nSPS) is 11.5. The molecule has 0 spiro atoms. The zero-order chi connectivity index (χ0) is 25.7. The van der Waals surface area contributed by atoms with Gasteiger partial charge in [-0.05, 0) is 80.7 Å². The van der Waals surface area contributed by atoms with Crippen molar-refractivity contribution in [3.8, 4) is 11.5 Å². The maximum atomic E-state index is 12.6. The molecule has 0 aliphatic rings. The fourth-order valence-electron chi connectivity index (χ4n) is 3.14. The number of aryl methyl sites for hydroxylation is 1. The summed E-state index contributed by atoms with van der Waals surface area (Å²) in [6.45, 7) is 1.62. The maximum absolute atomic E-state index is 12.6. The van der Waals surface area contributed by atoms with Gasteiger partial charge in [0.15, 0.2) is 12.4 Å². The number of fused-ring (bicyclic) bond motifs is 1. The Kier molecular flexibility index (Phi) is 8.02. The summed E-state index contributed by atoms with van der Waals surface area (Å²) in [5, 5.41) is 4.84. The molecule has 4 rings (SSSR count). The van der Waals surface area contributed by atoms with Crippen molar-refractivity contribution in [2.75, 3.05) is 6.61 Å². The summed E-state index contributed by atoms with van der Waals surface area (Å²) in [6, 6.07) is 18.8. The molecule has 0 fully saturated rings. The molecule has 1 amide bonds. The standard InChI is InChI=1S/C25H19Br2N3O5S/c1-16-7-9-19(10-8-16)36(32,33)35-25-20(26)12-17(13-21(25)27)14-29-30-23(31)15-34-22-6-2-4-18-5-3-11-28-24(18)22/h2-14H,15H2,1H3,(H,30,31)/b29-14-. The number of rotatable bonds is 8. The van der Waals surface area contributed by atoms with Gasteiger partial charge in [0.1, 0.15) is 16.2 Å². The van der Waals surface area contributed by atoms with E-state index in [1.54, 1.807) is 36.5 Å². The Morgan fingerprint density at radius 3 is 2.47 bits per heavy atom. The fraction of sp³-hybridized carbons (Fsp3) is 0.0800. The number of benzene rings is 3. The van der Waals surface area contributed by atoms with E-state index in [4.69, 9.17) is 8.92 Å². The van der Waals surface area contributed by atoms with Crippen LogP contribution < -0.4 is 14.3 Å². The quantitative estimate of drug-likeness (QED) is 0.159. The molecule has 3 aromatic carbocycles. The average Bonchev–Trinajstić information content (AvgIpc) is 2.85. The van der Waals surface area contributed by atoms with Gasteiger partial charge >= 0.3 is 10.1 Å². The zero-order valence-corrected chi connectivity index (χ0v) is 22.8. The molecule has 1 N–H and O–H groups in total. The first-order valence-corrected chi connectivity index (χ1v) is 13.5. The lowest BCUT2D eigenvalue weighted by atomic mass is 10.2. The summed E-state index contributed by atoms with van der Waals surface area (Å²) >= 11 is 6.66. The number of nitrogens with one attached hydrogen (secondary N) is 1. The molecule has 1 aromatic heterocycles. The lowest BCUT2D eigenvalue weighted by Crippen LogP contribution is -2.24. The van der Waals surface area contributed by atoms with Crippen molar-refractivity contribution >= 4 is 65.0 Å². The Labute approximate surface area is 224 Å². The van der Waals surface area contributed by atoms with Crippen molar-refractivity contribution in [2.24, 2.45) is 5.10 Å². The topological polar surface area (TPSA) is 107 Å². The van der Waals surface area contributed by atoms with E-state index in [-0.39, 0.29) is 17.3 Å². The Bertz CT molecular complexity index is 1530. The van der Waals surface area contributed by atoms with E-state index in [2.05, 4.69) is 47.4 Å². The predicted octanol–water partition coefficient (Wildman–Crippen LogP) is 5.37. The van der Waals surface area contributed by atoms with Crippen LogP contribution in [0.4, 0.5) is 0 Å². The van der Waals surface area contributed by atoms with Crippen molar-refractivity contribution < 1.29 is 22.1 Å². The third-order valence-electron chi connectivity index (χ3n) is 4.88. The number of hydrogen-bond acceptors (Lipinski definition) is 7. The Morgan fingerprint density at radius 1 is 1.06 bits per heavy atom. The number of pyridine rings is 1. The fourth-order valence-corrected chi connectivity index (χ4v) is 5.71. The molecule has 0 aliphatic heterocycles. The highest BCUT2D eigenvalue weighted by Gasteiger charge is 2.20. The zero-order valence-electron chi connectivity index (χ0n) is 18.8. The highest BCUT2D eigenvalue weighted by molar-refractivity contribution is 9.11. The van der Waals surface area contributed by atoms with Crippen LogP contribution in [0.15, 0.2) is 91.9 Å². The molecule has 11 heteroatoms. The molecule has 0 saturated carbocycles. The SMILES string of the molecule is Cc1ccc(S(=O)(=O)Oc2c(Br)cc(/C=N\NC(=O)COc3cccc4cccnc34)cc2Br)cc1. The van der Waals surface area contributed by atoms with Gasteiger partial charge in [-0.2, -0.15) is 13.5 Å². The molecule has 36 heavy (non-hydrogen) atoms. The summed E-state index contributed by atoms with van der Waals surface area (Å²) in [7, 11) is -4.03. The van der Waals surface area contributed by atoms with Crippen LogP contribution in [0.25, 0.3) is 10.9 Å². The van der Waals surface area contributed by atoms with E-state index in [0.29, 0.717) is 25.8 Å². The van der Waals surface area contributed by atoms with Crippen molar-refractivity contribution in [2.45, 2.75) is 11.8 Å². The average molecular weight is 633 g/mol. The number of aromatic nitrogens is 1. The number of hydrazone groups is 1. The number of halogens is 2. The predicted molar refractivity (Wildman–Crippen MR) is 144 cm³/mol. The number of para-hydroxylation sites is 1. The van der Waals surface area contributed by atoms with Crippen LogP contribution >= 0.6 is 31.9 Å². The van der Waals surface area contributed by atoms with Gasteiger partial charge in [-0.25, -0.2) is 5.43 Å². The van der Waals surface area contributed by atoms with Crippen LogP contribution in [0.2, 0.25) is 0 Å². The Balaban J connectivity index is 1.38. The minimum Gasteiger partial charge on any atom is -0.481 e. The van der Waals surface area contributed by atoms with E-state index in [1.165, 1.54) is 18.3 Å². The molecule has 8 nitrogen and oxygen atoms in total. The third-order valence-corrected chi connectivity index (χ3v) is 7.29. The van der Waals surface area contributed by atoms with E-state index in [0.717, 1.165) is 10.9 Å². The minimum atomic E-state index is -4.03. The van der Waals surface area contributed by atoms with E-state index in [1.807, 2.05) is 31.2 Å². The van der Waals surface area contributed by atoms with Crippen LogP contribution in [0.5, 0.6) is 11.5 Å². The molecule has 0 saturated heterocycles. The Hall–Kier alpha value is -3.28. The third kappa shape index (κ3) is 6.28. The first kappa shape index (κ1) is 25.8. The van der Waals surface area contributed by atoms with Gasteiger partial charge in [0.2, 0.25) is 0 Å². The van der Waals surface area contributed by atoms with Crippen molar-refractivity contribution in [1.82, 2.24) is 10.4 Å². The van der Waals surface area contributed by atoms with Crippen molar-refractivity contribution in [3.63, 3.8) is 0 Å². The number of ether oxygens (including phenoxy) is 1. The lowest BCUT2D eigenvalue weighted by Gasteiger charge is -2.11. The maximum Gasteiger partial charge on any atom is 0.339 e. The van der Waals surface area contributed by atoms with Crippen LogP contribution in [0, 0.1) is 6.92 Å². The molecule has 0 bridgehead atoms. The summed E-state index contributed by atoms with van der Waals surface area (Å²) in [6.07, 6.45) is 3.06. The lowest BCUT2D eigenvalue weighted by molar-refractivity contribution is -0.123. The summed E-state index contributed by atoms with van der Waals surface area (Å²) in [4.78, 5) is 16.5. The van der Waals surface area contributed by atoms with E-state index >= 15 is 0 Å². The first-order valence-electron chi connectivity index (χ1n) is 10.5. The number of carbonyl (C=O) groups is 1. The van der Waals surface area contributed by atoms with Gasteiger partial charge < -0.3 is 8.92 Å². The molecule has 0 atom stereocenters. The molecular formula is C25H19Br2N3O5S. The number of nitrogens with zero attached hydrogens (tertiary/aromatic N) is 2. The van der Waals surface area contributed by atoms with Crippen LogP contribution in [-0.4, -0.2) is 32.1 Å². The number of hydrogen-bond donors (Lipinski definition) is 1. The largest absolute Gasteiger partial charge is 0.481 e. The van der Waals surface area contributed by atoms with Gasteiger partial charge in [-0.15, -0.1) is 0 Å². The highest BCUT2D eigenvalue weighted by atomic mass is 79.9. The second kappa shape index (κ2) is 11.2. The summed E-state index contributed by atoms with van der Waals surface area (Å²) in [5.41, 5.74) is 4.57. The van der Waals surface area contributed by atoms with Crippen molar-refractivity contribution in [3.05, 3.63) is 93.0 Å². The monoisotopic (exact) mass is 631 g/mol. The van der Waals surface area contributed by atoms with Gasteiger partial charge in [0.25, 0.3) is 5.91 Å². The molecular weight excluding hydrogens is 614 g/mol. The number of carbonyl (C=O) groups excluding carboxylic acids is 1. The minimum absolute atomic E-state index is 0.0433. The smallest absolute Gasteiger partial charge is 0.339 e. The molecule has 0 aliphatic carbocycles. The molecule has 4 aromatic rings. The van der Waals surface area contributed by atoms with Gasteiger partial charge in [-0.1, -0.05) is 35.9 Å². The van der Waals surface area contributed by atoms with Gasteiger partial charge in [0, 0.05) is 11.6 Å². The number of amides is 1. The summed E-state index contributed by atoms with van der Waals surface area (Å²) in [5.74, 6) is 0.131. The van der Waals surface area contributed by atoms with Crippen molar-refractivity contribution in [1.29, 1.82) is 0 Å². The molecule has 1 heterocycles. The Morgan fingerprint density at radius 2 is 1.75 bits per heavy atom. The van der Waals surface area contributed by atoms with Gasteiger partial charge in [-0.3, -0.25) is 9.78 Å². The van der Waals surface area contributed by atoms with Crippen LogP contribution in [0.3, 0.4) is 0 Å². The van der Waals surface area contributed by atoms with E-state index < -0.39 is 16.0 Å². The first-order chi connectivity index (χ1) is 17.2. The summed E-state index contributed by atoms with van der Waals surface area (Å²) < 4.78 is 37.0. The molecule has 0 unspecified atom stereocenters. The van der Waals surface area contributed by atoms with Crippen LogP contribution in [0.1, 0.15) is 11.1 Å². The second-order valence-corrected chi connectivity index (χ2v) is 10.8. The highest BCUT2D eigenvalue weighted by Crippen LogP contribution is 2.36. The molecule has 184 valence electrons.